The number of hydrogen-bond acceptors (Lipinski definition) is 7. The molecule has 2 rings (SSSR count). The van der Waals surface area contributed by atoms with E-state index in [1.165, 1.54) is 23.9 Å². The van der Waals surface area contributed by atoms with E-state index in [2.05, 4.69) is 53.2 Å². The molecule has 0 fully saturated rings. The quantitative estimate of drug-likeness (QED) is 0.0815. The molecule has 0 saturated heterocycles. The highest BCUT2D eigenvalue weighted by Crippen LogP contribution is 2.46. The largest absolute Gasteiger partial charge is 0.387 e. The van der Waals surface area contributed by atoms with Crippen LogP contribution in [0.5, 0.6) is 0 Å². The summed E-state index contributed by atoms with van der Waals surface area (Å²) in [6.45, 7) is 7.78. The Balaban J connectivity index is 2.42. The van der Waals surface area contributed by atoms with Crippen LogP contribution in [0.3, 0.4) is 0 Å². The Morgan fingerprint density at radius 3 is 2.65 bits per heavy atom. The van der Waals surface area contributed by atoms with Gasteiger partial charge >= 0.3 is 0 Å². The molecular weight excluding hydrogens is 411 g/mol. The van der Waals surface area contributed by atoms with Crippen molar-refractivity contribution < 1.29 is 4.39 Å². The van der Waals surface area contributed by atoms with Gasteiger partial charge in [0.1, 0.15) is 5.82 Å². The first-order chi connectivity index (χ1) is 15.0. The van der Waals surface area contributed by atoms with Gasteiger partial charge in [-0.1, -0.05) is 31.4 Å². The van der Waals surface area contributed by atoms with Gasteiger partial charge in [-0.3, -0.25) is 10.6 Å². The van der Waals surface area contributed by atoms with Gasteiger partial charge in [-0.2, -0.15) is 0 Å². The van der Waals surface area contributed by atoms with Gasteiger partial charge in [0.2, 0.25) is 0 Å². The second-order valence-corrected chi connectivity index (χ2v) is 7.84. The molecule has 1 atom stereocenters. The molecule has 1 unspecified atom stereocenters. The van der Waals surface area contributed by atoms with E-state index < -0.39 is 0 Å². The first kappa shape index (κ1) is 24.7. The fourth-order valence-corrected chi connectivity index (χ4v) is 3.86. The van der Waals surface area contributed by atoms with E-state index in [1.807, 2.05) is 6.08 Å². The van der Waals surface area contributed by atoms with Gasteiger partial charge < -0.3 is 21.5 Å². The molecule has 7 N–H and O–H groups in total. The van der Waals surface area contributed by atoms with Crippen molar-refractivity contribution in [3.8, 4) is 0 Å². The zero-order chi connectivity index (χ0) is 22.7. The summed E-state index contributed by atoms with van der Waals surface area (Å²) >= 11 is 4.15. The zero-order valence-corrected chi connectivity index (χ0v) is 18.9. The summed E-state index contributed by atoms with van der Waals surface area (Å²) in [7, 11) is 0. The average molecular weight is 445 g/mol. The maximum atomic E-state index is 13.3. The van der Waals surface area contributed by atoms with Crippen molar-refractivity contribution in [2.75, 3.05) is 18.4 Å². The van der Waals surface area contributed by atoms with Crippen molar-refractivity contribution in [1.29, 1.82) is 5.41 Å². The van der Waals surface area contributed by atoms with E-state index in [4.69, 9.17) is 11.3 Å². The predicted molar refractivity (Wildman–Crippen MR) is 131 cm³/mol. The van der Waals surface area contributed by atoms with Gasteiger partial charge in [-0.15, -0.1) is 6.58 Å². The fraction of sp³-hybridized carbons (Fsp3) is 0.348. The highest BCUT2D eigenvalue weighted by atomic mass is 32.1. The predicted octanol–water partition coefficient (Wildman–Crippen LogP) is 4.16. The molecule has 1 aromatic rings. The van der Waals surface area contributed by atoms with E-state index in [0.29, 0.717) is 19.4 Å². The molecular formula is C23H33FN6S. The van der Waals surface area contributed by atoms with Gasteiger partial charge in [0, 0.05) is 54.4 Å². The Labute approximate surface area is 190 Å². The van der Waals surface area contributed by atoms with Crippen LogP contribution in [-0.4, -0.2) is 19.3 Å². The molecule has 168 valence electrons. The average Bonchev–Trinajstić information content (AvgIpc) is 2.78. The number of allylic oxidation sites excluding steroid dienone is 4. The lowest BCUT2D eigenvalue weighted by molar-refractivity contribution is 0.419. The van der Waals surface area contributed by atoms with Crippen LogP contribution in [0.15, 0.2) is 71.7 Å². The summed E-state index contributed by atoms with van der Waals surface area (Å²) in [5, 5.41) is 14.8. The van der Waals surface area contributed by atoms with E-state index in [-0.39, 0.29) is 11.2 Å². The Morgan fingerprint density at radius 1 is 1.32 bits per heavy atom. The zero-order valence-electron chi connectivity index (χ0n) is 18.0. The summed E-state index contributed by atoms with van der Waals surface area (Å²) in [5.74, 6) is 5.28. The molecule has 0 amide bonds. The lowest BCUT2D eigenvalue weighted by atomic mass is 9.67. The fourth-order valence-electron chi connectivity index (χ4n) is 3.75. The van der Waals surface area contributed by atoms with Crippen LogP contribution in [0.1, 0.15) is 32.6 Å². The standard InChI is InChI=1S/C23H33FN6S/c1-3-10-27-21(16-28-26)14-23(4-2)13-17(15-25)22(12-18(23)9-11-29-31)30-20-7-5-19(24)6-8-20/h4-8,12,15-16,25,27-31H,2-3,9-11,13-14,26H2,1H3/b21-16-,25-15?. The molecule has 8 heteroatoms. The van der Waals surface area contributed by atoms with Gasteiger partial charge in [0.05, 0.1) is 0 Å². The van der Waals surface area contributed by atoms with E-state index in [0.717, 1.165) is 42.0 Å². The van der Waals surface area contributed by atoms with Crippen LogP contribution >= 0.6 is 12.8 Å². The van der Waals surface area contributed by atoms with Crippen LogP contribution in [0.4, 0.5) is 10.1 Å². The van der Waals surface area contributed by atoms with Crippen LogP contribution in [-0.2, 0) is 0 Å². The third-order valence-electron chi connectivity index (χ3n) is 5.37. The minimum absolute atomic E-state index is 0.287. The smallest absolute Gasteiger partial charge is 0.123 e. The van der Waals surface area contributed by atoms with Crippen LogP contribution in [0, 0.1) is 16.6 Å². The second-order valence-electron chi connectivity index (χ2n) is 7.52. The lowest BCUT2D eigenvalue weighted by Gasteiger charge is -2.39. The molecule has 0 radical (unpaired) electrons. The highest BCUT2D eigenvalue weighted by molar-refractivity contribution is 7.78. The molecule has 1 aromatic carbocycles. The normalized spacial score (nSPS) is 19.0. The Morgan fingerprint density at radius 2 is 2.06 bits per heavy atom. The van der Waals surface area contributed by atoms with E-state index >= 15 is 0 Å². The van der Waals surface area contributed by atoms with Gasteiger partial charge in [0.15, 0.2) is 0 Å². The topological polar surface area (TPSA) is 98.0 Å². The minimum Gasteiger partial charge on any atom is -0.387 e. The van der Waals surface area contributed by atoms with Crippen molar-refractivity contribution in [2.45, 2.75) is 32.6 Å². The minimum atomic E-state index is -0.380. The molecule has 0 saturated carbocycles. The number of hydrogen-bond donors (Lipinski definition) is 7. The maximum Gasteiger partial charge on any atom is 0.123 e. The SMILES string of the molecule is C=CC1(C/C(=C/NN)NCCC)CC(C=N)=C(Nc2ccc(F)cc2)C=C1CCNS. The molecule has 31 heavy (non-hydrogen) atoms. The lowest BCUT2D eigenvalue weighted by Crippen LogP contribution is -2.32. The van der Waals surface area contributed by atoms with Gasteiger partial charge in [0.25, 0.3) is 0 Å². The summed E-state index contributed by atoms with van der Waals surface area (Å²) in [6.07, 6.45) is 10.2. The number of anilines is 1. The number of halogens is 1. The number of thiol groups is 1. The Hall–Kier alpha value is -2.55. The number of hydrazine groups is 1. The van der Waals surface area contributed by atoms with Crippen LogP contribution < -0.4 is 26.6 Å². The number of nitrogens with one attached hydrogen (secondary N) is 5. The number of benzene rings is 1. The number of nitrogens with two attached hydrogens (primary N) is 1. The summed E-state index contributed by atoms with van der Waals surface area (Å²) in [4.78, 5) is 0. The molecule has 0 spiro atoms. The van der Waals surface area contributed by atoms with Crippen molar-refractivity contribution in [1.82, 2.24) is 15.5 Å². The summed E-state index contributed by atoms with van der Waals surface area (Å²) in [6, 6.07) is 6.19. The first-order valence-electron chi connectivity index (χ1n) is 10.4. The van der Waals surface area contributed by atoms with E-state index in [1.54, 1.807) is 18.3 Å². The highest BCUT2D eigenvalue weighted by Gasteiger charge is 2.36. The second kappa shape index (κ2) is 12.3. The maximum absolute atomic E-state index is 13.3. The monoisotopic (exact) mass is 444 g/mol. The first-order valence-corrected chi connectivity index (χ1v) is 10.8. The van der Waals surface area contributed by atoms with E-state index in [9.17, 15) is 4.39 Å². The van der Waals surface area contributed by atoms with Crippen molar-refractivity contribution in [2.24, 2.45) is 11.3 Å². The van der Waals surface area contributed by atoms with Crippen molar-refractivity contribution in [3.63, 3.8) is 0 Å². The molecule has 0 aromatic heterocycles. The molecule has 0 aliphatic heterocycles. The molecule has 6 nitrogen and oxygen atoms in total. The summed E-state index contributed by atoms with van der Waals surface area (Å²) in [5.41, 5.74) is 6.85. The molecule has 0 bridgehead atoms. The molecule has 1 aliphatic carbocycles. The third-order valence-corrected chi connectivity index (χ3v) is 5.59. The van der Waals surface area contributed by atoms with Crippen molar-refractivity contribution in [3.05, 3.63) is 77.6 Å². The Bertz CT molecular complexity index is 846. The Kier molecular flexibility index (Phi) is 9.84. The van der Waals surface area contributed by atoms with Crippen LogP contribution in [0.25, 0.3) is 0 Å². The van der Waals surface area contributed by atoms with Gasteiger partial charge in [-0.05, 0) is 55.2 Å². The summed E-state index contributed by atoms with van der Waals surface area (Å²) < 4.78 is 16.2. The van der Waals surface area contributed by atoms with Crippen molar-refractivity contribution >= 4 is 24.7 Å². The molecule has 1 aliphatic rings. The number of rotatable bonds is 13. The van der Waals surface area contributed by atoms with Crippen LogP contribution in [0.2, 0.25) is 0 Å². The van der Waals surface area contributed by atoms with Gasteiger partial charge in [-0.25, -0.2) is 4.39 Å². The third kappa shape index (κ3) is 6.72. The molecule has 0 heterocycles.